The third kappa shape index (κ3) is 3.94. The number of carboxylic acid groups (broad SMARTS) is 1. The van der Waals surface area contributed by atoms with E-state index in [0.717, 1.165) is 6.42 Å². The van der Waals surface area contributed by atoms with E-state index in [1.807, 2.05) is 0 Å². The lowest BCUT2D eigenvalue weighted by Gasteiger charge is -2.07. The van der Waals surface area contributed by atoms with Gasteiger partial charge in [-0.3, -0.25) is 0 Å². The number of sulfonamides is 1. The average Bonchev–Trinajstić information content (AvgIpc) is 3.11. The predicted molar refractivity (Wildman–Crippen MR) is 72.0 cm³/mol. The summed E-state index contributed by atoms with van der Waals surface area (Å²) in [4.78, 5) is 10.5. The summed E-state index contributed by atoms with van der Waals surface area (Å²) in [5.74, 6) is 0.261. The number of hydrogen-bond acceptors (Lipinski definition) is 4. The van der Waals surface area contributed by atoms with E-state index in [1.54, 1.807) is 0 Å². The van der Waals surface area contributed by atoms with Gasteiger partial charge < -0.3 is 9.84 Å². The Labute approximate surface area is 117 Å². The lowest BCUT2D eigenvalue weighted by Crippen LogP contribution is -2.26. The third-order valence-electron chi connectivity index (χ3n) is 3.31. The molecule has 7 heteroatoms. The summed E-state index contributed by atoms with van der Waals surface area (Å²) < 4.78 is 31.5. The highest BCUT2D eigenvalue weighted by Gasteiger charge is 2.33. The summed E-state index contributed by atoms with van der Waals surface area (Å²) in [6, 6.07) is 5.68. The van der Waals surface area contributed by atoms with Gasteiger partial charge in [0.2, 0.25) is 10.0 Å². The Balaban J connectivity index is 1.95. The standard InChI is InChI=1S/C13H17NO5S/c1-9-6-10(9)7-14-20(17,18)12-4-2-11(3-5-12)19-8-13(15)16/h2-5,9-10,14H,6-8H2,1H3,(H,15,16). The van der Waals surface area contributed by atoms with Crippen molar-refractivity contribution in [1.29, 1.82) is 0 Å². The van der Waals surface area contributed by atoms with Crippen molar-refractivity contribution >= 4 is 16.0 Å². The van der Waals surface area contributed by atoms with Crippen LogP contribution < -0.4 is 9.46 Å². The van der Waals surface area contributed by atoms with Crippen LogP contribution in [0.4, 0.5) is 0 Å². The Bertz CT molecular complexity index is 581. The number of carboxylic acids is 1. The van der Waals surface area contributed by atoms with Crippen molar-refractivity contribution in [2.75, 3.05) is 13.2 Å². The summed E-state index contributed by atoms with van der Waals surface area (Å²) in [6.45, 7) is 2.10. The molecule has 0 aromatic heterocycles. The van der Waals surface area contributed by atoms with E-state index in [9.17, 15) is 13.2 Å². The number of rotatable bonds is 7. The summed E-state index contributed by atoms with van der Waals surface area (Å²) in [5, 5.41) is 8.48. The molecule has 1 fully saturated rings. The largest absolute Gasteiger partial charge is 0.482 e. The molecule has 1 aromatic carbocycles. The molecule has 1 aliphatic carbocycles. The molecule has 0 bridgehead atoms. The van der Waals surface area contributed by atoms with E-state index < -0.39 is 22.6 Å². The molecule has 2 rings (SSSR count). The summed E-state index contributed by atoms with van der Waals surface area (Å²) >= 11 is 0. The van der Waals surface area contributed by atoms with Crippen LogP contribution >= 0.6 is 0 Å². The molecule has 6 nitrogen and oxygen atoms in total. The van der Waals surface area contributed by atoms with E-state index in [1.165, 1.54) is 24.3 Å². The lowest BCUT2D eigenvalue weighted by molar-refractivity contribution is -0.139. The minimum atomic E-state index is -3.51. The number of ether oxygens (including phenoxy) is 1. The van der Waals surface area contributed by atoms with Gasteiger partial charge in [0.15, 0.2) is 6.61 Å². The maximum Gasteiger partial charge on any atom is 0.341 e. The molecule has 0 heterocycles. The number of aliphatic carboxylic acids is 1. The molecule has 1 aliphatic rings. The van der Waals surface area contributed by atoms with Gasteiger partial charge in [0.05, 0.1) is 4.90 Å². The second kappa shape index (κ2) is 5.80. The topological polar surface area (TPSA) is 92.7 Å². The van der Waals surface area contributed by atoms with Crippen molar-refractivity contribution in [1.82, 2.24) is 4.72 Å². The van der Waals surface area contributed by atoms with Crippen molar-refractivity contribution < 1.29 is 23.1 Å². The maximum atomic E-state index is 12.0. The Hall–Kier alpha value is -1.60. The fourth-order valence-corrected chi connectivity index (χ4v) is 2.94. The van der Waals surface area contributed by atoms with Crippen LogP contribution in [0.5, 0.6) is 5.75 Å². The van der Waals surface area contributed by atoms with Crippen LogP contribution in [0.2, 0.25) is 0 Å². The van der Waals surface area contributed by atoms with Crippen LogP contribution in [0, 0.1) is 11.8 Å². The molecule has 2 N–H and O–H groups in total. The van der Waals surface area contributed by atoms with Gasteiger partial charge in [0, 0.05) is 6.54 Å². The van der Waals surface area contributed by atoms with Crippen molar-refractivity contribution in [2.24, 2.45) is 11.8 Å². The van der Waals surface area contributed by atoms with Crippen molar-refractivity contribution in [3.8, 4) is 5.75 Å². The lowest BCUT2D eigenvalue weighted by atomic mass is 10.3. The van der Waals surface area contributed by atoms with Gasteiger partial charge in [-0.25, -0.2) is 17.9 Å². The molecule has 20 heavy (non-hydrogen) atoms. The predicted octanol–water partition coefficient (Wildman–Crippen LogP) is 1.08. The molecule has 0 aliphatic heterocycles. The minimum absolute atomic E-state index is 0.147. The zero-order chi connectivity index (χ0) is 14.8. The Morgan fingerprint density at radius 2 is 2.00 bits per heavy atom. The summed E-state index contributed by atoms with van der Waals surface area (Å²) in [5.41, 5.74) is 0. The van der Waals surface area contributed by atoms with E-state index in [4.69, 9.17) is 9.84 Å². The average molecular weight is 299 g/mol. The molecule has 1 saturated carbocycles. The zero-order valence-electron chi connectivity index (χ0n) is 11.1. The normalized spacial score (nSPS) is 21.4. The van der Waals surface area contributed by atoms with Gasteiger partial charge in [0.25, 0.3) is 0 Å². The minimum Gasteiger partial charge on any atom is -0.482 e. The van der Waals surface area contributed by atoms with Crippen LogP contribution in [0.15, 0.2) is 29.2 Å². The molecule has 0 spiro atoms. The van der Waals surface area contributed by atoms with E-state index in [-0.39, 0.29) is 4.90 Å². The number of carbonyl (C=O) groups is 1. The van der Waals surface area contributed by atoms with Crippen LogP contribution in [-0.2, 0) is 14.8 Å². The second-order valence-corrected chi connectivity index (χ2v) is 6.75. The summed E-state index contributed by atoms with van der Waals surface area (Å²) in [7, 11) is -3.51. The number of hydrogen-bond donors (Lipinski definition) is 2. The highest BCUT2D eigenvalue weighted by Crippen LogP contribution is 2.37. The van der Waals surface area contributed by atoms with Crippen LogP contribution in [0.3, 0.4) is 0 Å². The molecule has 110 valence electrons. The molecule has 0 amide bonds. The Kier molecular flexibility index (Phi) is 4.29. The molecule has 0 radical (unpaired) electrons. The van der Waals surface area contributed by atoms with E-state index >= 15 is 0 Å². The molecule has 1 aromatic rings. The van der Waals surface area contributed by atoms with Gasteiger partial charge in [-0.15, -0.1) is 0 Å². The zero-order valence-corrected chi connectivity index (χ0v) is 11.9. The third-order valence-corrected chi connectivity index (χ3v) is 4.75. The smallest absolute Gasteiger partial charge is 0.341 e. The molecular formula is C13H17NO5S. The molecular weight excluding hydrogens is 282 g/mol. The van der Waals surface area contributed by atoms with Crippen molar-refractivity contribution in [2.45, 2.75) is 18.2 Å². The van der Waals surface area contributed by atoms with Crippen molar-refractivity contribution in [3.63, 3.8) is 0 Å². The van der Waals surface area contributed by atoms with Gasteiger partial charge >= 0.3 is 5.97 Å². The monoisotopic (exact) mass is 299 g/mol. The fraction of sp³-hybridized carbons (Fsp3) is 0.462. The fourth-order valence-electron chi connectivity index (χ4n) is 1.84. The van der Waals surface area contributed by atoms with Gasteiger partial charge in [-0.1, -0.05) is 6.92 Å². The first-order valence-electron chi connectivity index (χ1n) is 6.33. The van der Waals surface area contributed by atoms with Crippen LogP contribution in [-0.4, -0.2) is 32.6 Å². The Morgan fingerprint density at radius 3 is 2.50 bits per heavy atom. The number of benzene rings is 1. The van der Waals surface area contributed by atoms with E-state index in [2.05, 4.69) is 11.6 Å². The van der Waals surface area contributed by atoms with E-state index in [0.29, 0.717) is 24.1 Å². The Morgan fingerprint density at radius 1 is 1.40 bits per heavy atom. The van der Waals surface area contributed by atoms with Gasteiger partial charge in [-0.05, 0) is 42.5 Å². The maximum absolute atomic E-state index is 12.0. The first-order chi connectivity index (χ1) is 9.38. The molecule has 0 saturated heterocycles. The molecule has 2 unspecified atom stereocenters. The van der Waals surface area contributed by atoms with Crippen molar-refractivity contribution in [3.05, 3.63) is 24.3 Å². The highest BCUT2D eigenvalue weighted by molar-refractivity contribution is 7.89. The first kappa shape index (κ1) is 14.8. The van der Waals surface area contributed by atoms with Gasteiger partial charge in [0.1, 0.15) is 5.75 Å². The SMILES string of the molecule is CC1CC1CNS(=O)(=O)c1ccc(OCC(=O)O)cc1. The number of nitrogens with one attached hydrogen (secondary N) is 1. The highest BCUT2D eigenvalue weighted by atomic mass is 32.2. The van der Waals surface area contributed by atoms with Crippen LogP contribution in [0.25, 0.3) is 0 Å². The quantitative estimate of drug-likeness (QED) is 0.786. The second-order valence-electron chi connectivity index (χ2n) is 4.98. The summed E-state index contributed by atoms with van der Waals surface area (Å²) in [6.07, 6.45) is 1.06. The van der Waals surface area contributed by atoms with Crippen LogP contribution in [0.1, 0.15) is 13.3 Å². The van der Waals surface area contributed by atoms with Gasteiger partial charge in [-0.2, -0.15) is 0 Å². The first-order valence-corrected chi connectivity index (χ1v) is 7.81. The molecule has 2 atom stereocenters.